The molecule has 294 valence electrons. The van der Waals surface area contributed by atoms with Gasteiger partial charge in [-0.2, -0.15) is 0 Å². The van der Waals surface area contributed by atoms with Gasteiger partial charge < -0.3 is 0 Å². The second-order valence-corrected chi connectivity index (χ2v) is 17.0. The zero-order valence-electron chi connectivity index (χ0n) is 34.1. The van der Waals surface area contributed by atoms with Crippen molar-refractivity contribution in [1.82, 2.24) is 15.0 Å². The maximum absolute atomic E-state index is 5.19. The smallest absolute Gasteiger partial charge is 0.160 e. The van der Waals surface area contributed by atoms with Crippen molar-refractivity contribution < 1.29 is 0 Å². The van der Waals surface area contributed by atoms with Crippen molar-refractivity contribution in [2.24, 2.45) is 0 Å². The van der Waals surface area contributed by atoms with Crippen LogP contribution in [0.3, 0.4) is 0 Å². The molecule has 3 heterocycles. The fourth-order valence-electron chi connectivity index (χ4n) is 8.88. The molecule has 3 aromatic heterocycles. The summed E-state index contributed by atoms with van der Waals surface area (Å²) in [4.78, 5) is 15.6. The number of hydrogen-bond acceptors (Lipinski definition) is 4. The molecule has 0 saturated carbocycles. The molecule has 63 heavy (non-hydrogen) atoms. The monoisotopic (exact) mass is 819 g/mol. The molecule has 0 aliphatic heterocycles. The molecular weight excluding hydrogens is 783 g/mol. The number of para-hydroxylation sites is 1. The Morgan fingerprint density at radius 1 is 0.286 bits per heavy atom. The lowest BCUT2D eigenvalue weighted by Crippen LogP contribution is -1.96. The number of thiophene rings is 1. The maximum Gasteiger partial charge on any atom is 0.160 e. The molecule has 0 aliphatic rings. The van der Waals surface area contributed by atoms with E-state index in [0.717, 1.165) is 50.4 Å². The summed E-state index contributed by atoms with van der Waals surface area (Å²) in [5.74, 6) is 0.691. The van der Waals surface area contributed by atoms with Crippen LogP contribution in [-0.2, 0) is 0 Å². The molecule has 0 unspecified atom stereocenters. The number of pyridine rings is 1. The Morgan fingerprint density at radius 2 is 0.730 bits per heavy atom. The third-order valence-corrected chi connectivity index (χ3v) is 13.3. The molecule has 0 fully saturated rings. The Kier molecular flexibility index (Phi) is 9.02. The summed E-state index contributed by atoms with van der Waals surface area (Å²) in [7, 11) is 0. The Bertz CT molecular complexity index is 3520. The molecule has 0 atom stereocenters. The number of benzene rings is 9. The van der Waals surface area contributed by atoms with E-state index in [1.54, 1.807) is 0 Å². The minimum atomic E-state index is 0.691. The van der Waals surface area contributed by atoms with E-state index >= 15 is 0 Å². The summed E-state index contributed by atoms with van der Waals surface area (Å²) in [5, 5.41) is 6.17. The van der Waals surface area contributed by atoms with E-state index in [4.69, 9.17) is 15.0 Å². The van der Waals surface area contributed by atoms with Gasteiger partial charge in [-0.05, 0) is 51.6 Å². The van der Waals surface area contributed by atoms with Crippen LogP contribution in [0.2, 0.25) is 0 Å². The molecule has 3 nitrogen and oxygen atoms in total. The number of aromatic nitrogens is 3. The lowest BCUT2D eigenvalue weighted by Gasteiger charge is -2.11. The molecule has 0 saturated heterocycles. The van der Waals surface area contributed by atoms with E-state index in [-0.39, 0.29) is 0 Å². The summed E-state index contributed by atoms with van der Waals surface area (Å²) in [6.45, 7) is 0. The van der Waals surface area contributed by atoms with Crippen molar-refractivity contribution in [1.29, 1.82) is 0 Å². The Morgan fingerprint density at radius 3 is 1.33 bits per heavy atom. The highest BCUT2D eigenvalue weighted by Gasteiger charge is 2.17. The summed E-state index contributed by atoms with van der Waals surface area (Å²) >= 11 is 1.87. The summed E-state index contributed by atoms with van der Waals surface area (Å²) < 4.78 is 2.56. The second kappa shape index (κ2) is 15.4. The highest BCUT2D eigenvalue weighted by atomic mass is 32.1. The van der Waals surface area contributed by atoms with E-state index < -0.39 is 0 Å². The van der Waals surface area contributed by atoms with E-state index in [1.807, 2.05) is 23.5 Å². The van der Waals surface area contributed by atoms with Gasteiger partial charge >= 0.3 is 0 Å². The molecular formula is C59H37N3S. The second-order valence-electron chi connectivity index (χ2n) is 15.9. The van der Waals surface area contributed by atoms with Crippen LogP contribution >= 0.6 is 11.3 Å². The predicted octanol–water partition coefficient (Wildman–Crippen LogP) is 16.2. The first kappa shape index (κ1) is 36.8. The lowest BCUT2D eigenvalue weighted by atomic mass is 9.97. The Labute approximate surface area is 369 Å². The van der Waals surface area contributed by atoms with Crippen LogP contribution in [-0.4, -0.2) is 15.0 Å². The average molecular weight is 820 g/mol. The van der Waals surface area contributed by atoms with Gasteiger partial charge in [-0.25, -0.2) is 15.0 Å². The maximum atomic E-state index is 5.19. The summed E-state index contributed by atoms with van der Waals surface area (Å²) in [6, 6.07) is 79.6. The molecule has 0 N–H and O–H groups in total. The molecule has 9 aromatic carbocycles. The molecule has 12 aromatic rings. The van der Waals surface area contributed by atoms with Crippen LogP contribution in [0.1, 0.15) is 0 Å². The standard InChI is InChI=1S/C59H37N3S/c1-4-12-38(13-5-1)40-20-26-43(27-21-40)53-37-54(44-28-22-41(23-29-44)39-14-6-2-7-15-39)62-59(61-53)46-30-24-42(25-31-46)47-32-33-48-49-34-35-51-56(58(49)63-55(48)36-47)50-18-10-11-19-52(50)60-57(51)45-16-8-3-9-17-45/h1-37H. The van der Waals surface area contributed by atoms with Gasteiger partial charge in [-0.3, -0.25) is 0 Å². The van der Waals surface area contributed by atoms with Crippen molar-refractivity contribution >= 4 is 53.2 Å². The van der Waals surface area contributed by atoms with Crippen molar-refractivity contribution in [2.75, 3.05) is 0 Å². The molecule has 0 amide bonds. The minimum absolute atomic E-state index is 0.691. The van der Waals surface area contributed by atoms with Gasteiger partial charge in [0.1, 0.15) is 0 Å². The van der Waals surface area contributed by atoms with Crippen molar-refractivity contribution in [3.63, 3.8) is 0 Å². The summed E-state index contributed by atoms with van der Waals surface area (Å²) in [6.07, 6.45) is 0. The fourth-order valence-corrected chi connectivity index (χ4v) is 10.2. The predicted molar refractivity (Wildman–Crippen MR) is 266 cm³/mol. The molecule has 0 bridgehead atoms. The fraction of sp³-hybridized carbons (Fsp3) is 0. The minimum Gasteiger partial charge on any atom is -0.247 e. The molecule has 0 spiro atoms. The van der Waals surface area contributed by atoms with Gasteiger partial charge in [0.05, 0.1) is 22.6 Å². The Balaban J connectivity index is 0.923. The van der Waals surface area contributed by atoms with Gasteiger partial charge in [0.25, 0.3) is 0 Å². The number of nitrogens with zero attached hydrogens (tertiary/aromatic N) is 3. The topological polar surface area (TPSA) is 38.7 Å². The van der Waals surface area contributed by atoms with Gasteiger partial charge in [-0.15, -0.1) is 11.3 Å². The van der Waals surface area contributed by atoms with Gasteiger partial charge in [0, 0.05) is 58.6 Å². The van der Waals surface area contributed by atoms with Gasteiger partial charge in [0.15, 0.2) is 5.82 Å². The number of hydrogen-bond donors (Lipinski definition) is 0. The molecule has 0 radical (unpaired) electrons. The van der Waals surface area contributed by atoms with E-state index in [0.29, 0.717) is 5.82 Å². The SMILES string of the molecule is c1ccc(-c2ccc(-c3cc(-c4ccc(-c5ccccc5)cc4)nc(-c4ccc(-c5ccc6c(c5)sc5c6ccc6c(-c7ccccc7)nc7ccccc7c65)cc4)n3)cc2)cc1. The van der Waals surface area contributed by atoms with E-state index in [2.05, 4.69) is 212 Å². The third-order valence-electron chi connectivity index (χ3n) is 12.1. The van der Waals surface area contributed by atoms with Crippen LogP contribution in [0.15, 0.2) is 224 Å². The normalized spacial score (nSPS) is 11.5. The first-order valence-corrected chi connectivity index (χ1v) is 22.1. The molecule has 4 heteroatoms. The van der Waals surface area contributed by atoms with Crippen LogP contribution < -0.4 is 0 Å². The van der Waals surface area contributed by atoms with Crippen LogP contribution in [0.5, 0.6) is 0 Å². The van der Waals surface area contributed by atoms with Crippen LogP contribution in [0.4, 0.5) is 0 Å². The van der Waals surface area contributed by atoms with Crippen LogP contribution in [0, 0.1) is 0 Å². The van der Waals surface area contributed by atoms with Crippen LogP contribution in [0.25, 0.3) is 120 Å². The lowest BCUT2D eigenvalue weighted by molar-refractivity contribution is 1.18. The van der Waals surface area contributed by atoms with Crippen molar-refractivity contribution in [3.05, 3.63) is 224 Å². The molecule has 12 rings (SSSR count). The van der Waals surface area contributed by atoms with Crippen molar-refractivity contribution in [3.8, 4) is 78.5 Å². The number of rotatable bonds is 7. The quantitative estimate of drug-likeness (QED) is 0.150. The summed E-state index contributed by atoms with van der Waals surface area (Å²) in [5.41, 5.74) is 15.0. The zero-order chi connectivity index (χ0) is 41.7. The molecule has 0 aliphatic carbocycles. The number of fused-ring (bicyclic) bond motifs is 7. The third kappa shape index (κ3) is 6.74. The van der Waals surface area contributed by atoms with Crippen molar-refractivity contribution in [2.45, 2.75) is 0 Å². The first-order valence-electron chi connectivity index (χ1n) is 21.2. The largest absolute Gasteiger partial charge is 0.247 e. The van der Waals surface area contributed by atoms with E-state index in [9.17, 15) is 0 Å². The first-order chi connectivity index (χ1) is 31.2. The van der Waals surface area contributed by atoms with Gasteiger partial charge in [-0.1, -0.05) is 206 Å². The highest BCUT2D eigenvalue weighted by Crippen LogP contribution is 2.44. The highest BCUT2D eigenvalue weighted by molar-refractivity contribution is 7.26. The van der Waals surface area contributed by atoms with Gasteiger partial charge in [0.2, 0.25) is 0 Å². The Hall–Kier alpha value is -8.05. The average Bonchev–Trinajstić information content (AvgIpc) is 3.75. The van der Waals surface area contributed by atoms with E-state index in [1.165, 1.54) is 64.1 Å². The zero-order valence-corrected chi connectivity index (χ0v) is 34.9.